The molecule has 11 nitrogen and oxygen atoms in total. The molecule has 0 spiro atoms. The number of esters is 1. The summed E-state index contributed by atoms with van der Waals surface area (Å²) in [4.78, 5) is 44.7. The van der Waals surface area contributed by atoms with E-state index < -0.39 is 18.1 Å². The highest BCUT2D eigenvalue weighted by Crippen LogP contribution is 2.25. The maximum absolute atomic E-state index is 12.7. The minimum Gasteiger partial charge on any atom is -0.497 e. The quantitative estimate of drug-likeness (QED) is 0.531. The third-order valence-corrected chi connectivity index (χ3v) is 6.05. The summed E-state index contributed by atoms with van der Waals surface area (Å²) in [6, 6.07) is 6.41. The number of carbonyl (C=O) groups is 3. The summed E-state index contributed by atoms with van der Waals surface area (Å²) >= 11 is 0. The molecule has 1 atom stereocenters. The van der Waals surface area contributed by atoms with E-state index in [2.05, 4.69) is 10.1 Å². The van der Waals surface area contributed by atoms with E-state index in [9.17, 15) is 14.4 Å². The summed E-state index contributed by atoms with van der Waals surface area (Å²) in [5, 5.41) is 3.99. The fourth-order valence-corrected chi connectivity index (χ4v) is 4.24. The average Bonchev–Trinajstić information content (AvgIpc) is 3.49. The van der Waals surface area contributed by atoms with Gasteiger partial charge in [-0.25, -0.2) is 9.59 Å². The third-order valence-electron chi connectivity index (χ3n) is 6.05. The van der Waals surface area contributed by atoms with Gasteiger partial charge in [0.1, 0.15) is 12.4 Å². The molecule has 0 saturated carbocycles. The van der Waals surface area contributed by atoms with E-state index in [0.29, 0.717) is 44.1 Å². The van der Waals surface area contributed by atoms with Crippen LogP contribution in [0.15, 0.2) is 28.8 Å². The van der Waals surface area contributed by atoms with Crippen molar-refractivity contribution in [2.24, 2.45) is 0 Å². The number of likely N-dealkylation sites (tertiary alicyclic amines) is 1. The first-order chi connectivity index (χ1) is 16.5. The Bertz CT molecular complexity index is 1010. The Kier molecular flexibility index (Phi) is 7.29. The van der Waals surface area contributed by atoms with E-state index in [1.807, 2.05) is 24.3 Å². The van der Waals surface area contributed by atoms with Crippen molar-refractivity contribution in [3.05, 3.63) is 30.2 Å². The number of amides is 2. The lowest BCUT2D eigenvalue weighted by atomic mass is 10.0. The number of aryl methyl sites for hydroxylation is 1. The van der Waals surface area contributed by atoms with Crippen molar-refractivity contribution in [3.63, 3.8) is 0 Å². The van der Waals surface area contributed by atoms with Crippen LogP contribution < -0.4 is 4.74 Å². The molecule has 2 amide bonds. The smallest absolute Gasteiger partial charge is 0.410 e. The van der Waals surface area contributed by atoms with Crippen LogP contribution in [0.3, 0.4) is 0 Å². The number of piperidine rings is 1. The van der Waals surface area contributed by atoms with Gasteiger partial charge < -0.3 is 23.6 Å². The summed E-state index contributed by atoms with van der Waals surface area (Å²) in [5.41, 5.74) is 0.797. The molecular formula is C23H28N4O7. The van der Waals surface area contributed by atoms with Crippen LogP contribution in [0.2, 0.25) is 0 Å². The minimum atomic E-state index is -0.725. The molecule has 1 aromatic carbocycles. The summed E-state index contributed by atoms with van der Waals surface area (Å²) in [6.45, 7) is 2.94. The summed E-state index contributed by atoms with van der Waals surface area (Å²) in [6.07, 6.45) is 1.21. The Morgan fingerprint density at radius 3 is 2.59 bits per heavy atom. The van der Waals surface area contributed by atoms with Crippen LogP contribution in [0, 0.1) is 0 Å². The Balaban J connectivity index is 1.27. The van der Waals surface area contributed by atoms with E-state index in [4.69, 9.17) is 18.7 Å². The van der Waals surface area contributed by atoms with Gasteiger partial charge in [0.05, 0.1) is 13.7 Å². The molecule has 2 aliphatic rings. The molecule has 1 aromatic heterocycles. The molecule has 0 radical (unpaired) electrons. The maximum Gasteiger partial charge on any atom is 0.410 e. The van der Waals surface area contributed by atoms with Crippen LogP contribution in [0.25, 0.3) is 11.4 Å². The lowest BCUT2D eigenvalue weighted by Crippen LogP contribution is -2.52. The third kappa shape index (κ3) is 5.13. The SMILES string of the molecule is CCOC(=O)[C@@H]1COC(=O)N1C1CCN(C(=O)CCc2nc(-c3ccc(OC)cc3)no2)CC1. The number of methoxy groups -OCH3 is 1. The number of cyclic esters (lactones) is 1. The number of nitrogens with zero attached hydrogens (tertiary/aromatic N) is 4. The van der Waals surface area contributed by atoms with Gasteiger partial charge in [-0.2, -0.15) is 4.98 Å². The van der Waals surface area contributed by atoms with E-state index in [0.717, 1.165) is 11.3 Å². The number of carbonyl (C=O) groups excluding carboxylic acids is 3. The fourth-order valence-electron chi connectivity index (χ4n) is 4.24. The normalized spacial score (nSPS) is 18.6. The van der Waals surface area contributed by atoms with Crippen LogP contribution in [-0.2, 0) is 25.5 Å². The fraction of sp³-hybridized carbons (Fsp3) is 0.522. The molecular weight excluding hydrogens is 444 g/mol. The molecule has 2 saturated heterocycles. The largest absolute Gasteiger partial charge is 0.497 e. The van der Waals surface area contributed by atoms with Crippen LogP contribution in [-0.4, -0.2) is 83.4 Å². The van der Waals surface area contributed by atoms with Gasteiger partial charge >= 0.3 is 12.1 Å². The predicted octanol–water partition coefficient (Wildman–Crippen LogP) is 2.05. The Morgan fingerprint density at radius 1 is 1.18 bits per heavy atom. The van der Waals surface area contributed by atoms with Crippen molar-refractivity contribution >= 4 is 18.0 Å². The van der Waals surface area contributed by atoms with Crippen molar-refractivity contribution in [1.82, 2.24) is 19.9 Å². The minimum absolute atomic E-state index is 0.000488. The van der Waals surface area contributed by atoms with Crippen LogP contribution in [0.5, 0.6) is 5.75 Å². The number of rotatable bonds is 8. The molecule has 4 rings (SSSR count). The second-order valence-electron chi connectivity index (χ2n) is 8.10. The van der Waals surface area contributed by atoms with Gasteiger partial charge in [-0.05, 0) is 44.0 Å². The van der Waals surface area contributed by atoms with Crippen LogP contribution in [0.4, 0.5) is 4.79 Å². The maximum atomic E-state index is 12.7. The zero-order chi connectivity index (χ0) is 24.1. The number of ether oxygens (including phenoxy) is 3. The zero-order valence-electron chi connectivity index (χ0n) is 19.3. The summed E-state index contributed by atoms with van der Waals surface area (Å²) < 4.78 is 20.6. The van der Waals surface area contributed by atoms with Gasteiger partial charge in [0, 0.05) is 37.5 Å². The molecule has 2 aliphatic heterocycles. The van der Waals surface area contributed by atoms with Crippen molar-refractivity contribution < 1.29 is 33.1 Å². The van der Waals surface area contributed by atoms with E-state index >= 15 is 0 Å². The molecule has 0 N–H and O–H groups in total. The molecule has 0 bridgehead atoms. The number of aromatic nitrogens is 2. The van der Waals surface area contributed by atoms with E-state index in [1.54, 1.807) is 18.9 Å². The topological polar surface area (TPSA) is 124 Å². The zero-order valence-corrected chi connectivity index (χ0v) is 19.3. The van der Waals surface area contributed by atoms with E-state index in [-0.39, 0.29) is 31.6 Å². The monoisotopic (exact) mass is 472 g/mol. The Hall–Kier alpha value is -3.63. The van der Waals surface area contributed by atoms with Gasteiger partial charge in [-0.3, -0.25) is 9.69 Å². The van der Waals surface area contributed by atoms with E-state index in [1.165, 1.54) is 4.90 Å². The van der Waals surface area contributed by atoms with Crippen molar-refractivity contribution in [2.45, 2.75) is 44.7 Å². The Labute approximate surface area is 196 Å². The van der Waals surface area contributed by atoms with Crippen LogP contribution >= 0.6 is 0 Å². The highest BCUT2D eigenvalue weighted by Gasteiger charge is 2.44. The van der Waals surface area contributed by atoms with Crippen molar-refractivity contribution in [1.29, 1.82) is 0 Å². The van der Waals surface area contributed by atoms with Crippen molar-refractivity contribution in [3.8, 4) is 17.1 Å². The molecule has 0 aliphatic carbocycles. The van der Waals surface area contributed by atoms with Gasteiger partial charge in [0.15, 0.2) is 6.04 Å². The van der Waals surface area contributed by atoms with Crippen LogP contribution in [0.1, 0.15) is 32.1 Å². The highest BCUT2D eigenvalue weighted by atomic mass is 16.6. The molecule has 11 heteroatoms. The molecule has 2 aromatic rings. The summed E-state index contributed by atoms with van der Waals surface area (Å²) in [7, 11) is 1.60. The second kappa shape index (κ2) is 10.5. The molecule has 3 heterocycles. The molecule has 182 valence electrons. The molecule has 34 heavy (non-hydrogen) atoms. The first-order valence-corrected chi connectivity index (χ1v) is 11.4. The Morgan fingerprint density at radius 2 is 1.91 bits per heavy atom. The first kappa shape index (κ1) is 23.5. The first-order valence-electron chi connectivity index (χ1n) is 11.4. The number of benzene rings is 1. The van der Waals surface area contributed by atoms with Gasteiger partial charge in [0.25, 0.3) is 0 Å². The lowest BCUT2D eigenvalue weighted by Gasteiger charge is -2.37. The standard InChI is InChI=1S/C23H28N4O7/c1-3-32-22(29)18-14-33-23(30)27(18)16-10-12-26(13-11-16)20(28)9-8-19-24-21(25-34-19)15-4-6-17(31-2)7-5-15/h4-7,16,18H,3,8-14H2,1-2H3/t18-/m0/s1. The predicted molar refractivity (Wildman–Crippen MR) is 118 cm³/mol. The average molecular weight is 472 g/mol. The van der Waals surface area contributed by atoms with Gasteiger partial charge in [-0.1, -0.05) is 5.16 Å². The lowest BCUT2D eigenvalue weighted by molar-refractivity contribution is -0.149. The molecule has 2 fully saturated rings. The summed E-state index contributed by atoms with van der Waals surface area (Å²) in [5.74, 6) is 1.11. The van der Waals surface area contributed by atoms with Crippen molar-refractivity contribution in [2.75, 3.05) is 33.4 Å². The van der Waals surface area contributed by atoms with Gasteiger partial charge in [0.2, 0.25) is 17.6 Å². The highest BCUT2D eigenvalue weighted by molar-refractivity contribution is 5.84. The van der Waals surface area contributed by atoms with Gasteiger partial charge in [-0.15, -0.1) is 0 Å². The molecule has 0 unspecified atom stereocenters. The number of hydrogen-bond donors (Lipinski definition) is 0. The number of hydrogen-bond acceptors (Lipinski definition) is 9. The second-order valence-corrected chi connectivity index (χ2v) is 8.10.